The molecule has 1 aliphatic rings. The minimum Gasteiger partial charge on any atom is -0.366 e. The SMILES string of the molecule is CC1CCC(CCNC(=O)COC(C)(C)C)CC1. The van der Waals surface area contributed by atoms with Crippen LogP contribution in [0.15, 0.2) is 0 Å². The molecule has 1 N–H and O–H groups in total. The summed E-state index contributed by atoms with van der Waals surface area (Å²) in [5, 5.41) is 2.95. The Morgan fingerprint density at radius 1 is 1.22 bits per heavy atom. The van der Waals surface area contributed by atoms with Gasteiger partial charge in [-0.25, -0.2) is 0 Å². The second-order valence-electron chi connectivity index (χ2n) is 6.67. The summed E-state index contributed by atoms with van der Waals surface area (Å²) >= 11 is 0. The first-order chi connectivity index (χ1) is 8.37. The third-order valence-electron chi connectivity index (χ3n) is 3.65. The summed E-state index contributed by atoms with van der Waals surface area (Å²) in [7, 11) is 0. The summed E-state index contributed by atoms with van der Waals surface area (Å²) in [4.78, 5) is 11.5. The van der Waals surface area contributed by atoms with Gasteiger partial charge in [-0.2, -0.15) is 0 Å². The average Bonchev–Trinajstić information content (AvgIpc) is 2.28. The van der Waals surface area contributed by atoms with Crippen LogP contribution in [0.5, 0.6) is 0 Å². The molecule has 1 saturated carbocycles. The largest absolute Gasteiger partial charge is 0.366 e. The van der Waals surface area contributed by atoms with Crippen LogP contribution in [-0.2, 0) is 9.53 Å². The van der Waals surface area contributed by atoms with Gasteiger partial charge in [0.05, 0.1) is 5.60 Å². The van der Waals surface area contributed by atoms with Crippen molar-refractivity contribution in [3.8, 4) is 0 Å². The van der Waals surface area contributed by atoms with Crippen LogP contribution < -0.4 is 5.32 Å². The average molecular weight is 255 g/mol. The lowest BCUT2D eigenvalue weighted by Crippen LogP contribution is -2.33. The van der Waals surface area contributed by atoms with Crippen LogP contribution in [0, 0.1) is 11.8 Å². The molecule has 0 unspecified atom stereocenters. The number of amides is 1. The fourth-order valence-electron chi connectivity index (χ4n) is 2.37. The molecule has 1 aliphatic carbocycles. The molecule has 0 heterocycles. The quantitative estimate of drug-likeness (QED) is 0.819. The third-order valence-corrected chi connectivity index (χ3v) is 3.65. The lowest BCUT2D eigenvalue weighted by atomic mass is 9.81. The zero-order valence-corrected chi connectivity index (χ0v) is 12.4. The summed E-state index contributed by atoms with van der Waals surface area (Å²) in [6.07, 6.45) is 6.48. The van der Waals surface area contributed by atoms with Gasteiger partial charge in [0.1, 0.15) is 6.61 Å². The molecule has 0 spiro atoms. The van der Waals surface area contributed by atoms with E-state index in [2.05, 4.69) is 12.2 Å². The zero-order valence-electron chi connectivity index (χ0n) is 12.4. The van der Waals surface area contributed by atoms with E-state index in [1.807, 2.05) is 20.8 Å². The first kappa shape index (κ1) is 15.5. The summed E-state index contributed by atoms with van der Waals surface area (Å²) in [5.41, 5.74) is -0.239. The molecule has 3 nitrogen and oxygen atoms in total. The number of ether oxygens (including phenoxy) is 1. The Morgan fingerprint density at radius 2 is 1.83 bits per heavy atom. The van der Waals surface area contributed by atoms with Gasteiger partial charge in [0.25, 0.3) is 0 Å². The van der Waals surface area contributed by atoms with E-state index in [9.17, 15) is 4.79 Å². The number of rotatable bonds is 5. The molecular formula is C15H29NO2. The second kappa shape index (κ2) is 7.13. The van der Waals surface area contributed by atoms with Gasteiger partial charge in [-0.15, -0.1) is 0 Å². The maximum Gasteiger partial charge on any atom is 0.246 e. The lowest BCUT2D eigenvalue weighted by molar-refractivity contribution is -0.130. The van der Waals surface area contributed by atoms with Gasteiger partial charge in [0.2, 0.25) is 5.91 Å². The van der Waals surface area contributed by atoms with Gasteiger partial charge in [-0.05, 0) is 39.0 Å². The molecule has 0 aromatic rings. The maximum absolute atomic E-state index is 11.5. The van der Waals surface area contributed by atoms with Crippen LogP contribution >= 0.6 is 0 Å². The van der Waals surface area contributed by atoms with E-state index in [4.69, 9.17) is 4.74 Å². The first-order valence-electron chi connectivity index (χ1n) is 7.27. The highest BCUT2D eigenvalue weighted by Crippen LogP contribution is 2.29. The van der Waals surface area contributed by atoms with E-state index in [0.29, 0.717) is 0 Å². The molecule has 1 fully saturated rings. The number of carbonyl (C=O) groups excluding carboxylic acids is 1. The number of carbonyl (C=O) groups is 1. The van der Waals surface area contributed by atoms with Crippen LogP contribution in [0.25, 0.3) is 0 Å². The van der Waals surface area contributed by atoms with Crippen LogP contribution in [0.1, 0.15) is 59.8 Å². The zero-order chi connectivity index (χ0) is 13.6. The van der Waals surface area contributed by atoms with Crippen molar-refractivity contribution in [2.24, 2.45) is 11.8 Å². The molecule has 0 atom stereocenters. The molecule has 1 rings (SSSR count). The van der Waals surface area contributed by atoms with E-state index in [1.54, 1.807) is 0 Å². The van der Waals surface area contributed by atoms with Crippen LogP contribution in [-0.4, -0.2) is 24.7 Å². The summed E-state index contributed by atoms with van der Waals surface area (Å²) < 4.78 is 5.44. The molecule has 106 valence electrons. The van der Waals surface area contributed by atoms with Crippen molar-refractivity contribution < 1.29 is 9.53 Å². The predicted octanol–water partition coefficient (Wildman–Crippen LogP) is 3.13. The number of hydrogen-bond donors (Lipinski definition) is 1. The van der Waals surface area contributed by atoms with Gasteiger partial charge in [-0.3, -0.25) is 4.79 Å². The Hall–Kier alpha value is -0.570. The van der Waals surface area contributed by atoms with Gasteiger partial charge in [0, 0.05) is 6.54 Å². The minimum absolute atomic E-state index is 0.00843. The van der Waals surface area contributed by atoms with E-state index in [1.165, 1.54) is 25.7 Å². The maximum atomic E-state index is 11.5. The highest BCUT2D eigenvalue weighted by atomic mass is 16.5. The first-order valence-corrected chi connectivity index (χ1v) is 7.27. The van der Waals surface area contributed by atoms with Crippen LogP contribution in [0.4, 0.5) is 0 Å². The van der Waals surface area contributed by atoms with Crippen molar-refractivity contribution >= 4 is 5.91 Å². The molecule has 1 amide bonds. The fraction of sp³-hybridized carbons (Fsp3) is 0.933. The third kappa shape index (κ3) is 7.00. The van der Waals surface area contributed by atoms with Crippen LogP contribution in [0.3, 0.4) is 0 Å². The van der Waals surface area contributed by atoms with E-state index >= 15 is 0 Å². The predicted molar refractivity (Wildman–Crippen MR) is 74.5 cm³/mol. The second-order valence-corrected chi connectivity index (χ2v) is 6.67. The Labute approximate surface area is 112 Å². The summed E-state index contributed by atoms with van der Waals surface area (Å²) in [6, 6.07) is 0. The van der Waals surface area contributed by atoms with Gasteiger partial charge in [0.15, 0.2) is 0 Å². The lowest BCUT2D eigenvalue weighted by Gasteiger charge is -2.26. The Kier molecular flexibility index (Phi) is 6.13. The molecule has 3 heteroatoms. The molecule has 0 aromatic heterocycles. The number of nitrogens with one attached hydrogen (secondary N) is 1. The smallest absolute Gasteiger partial charge is 0.246 e. The van der Waals surface area contributed by atoms with E-state index < -0.39 is 0 Å². The monoisotopic (exact) mass is 255 g/mol. The molecule has 0 aromatic carbocycles. The standard InChI is InChI=1S/C15H29NO2/c1-12-5-7-13(8-6-12)9-10-16-14(17)11-18-15(2,3)4/h12-13H,5-11H2,1-4H3,(H,16,17). The van der Waals surface area contributed by atoms with Crippen molar-refractivity contribution in [1.29, 1.82) is 0 Å². The highest BCUT2D eigenvalue weighted by Gasteiger charge is 2.18. The molecule has 0 saturated heterocycles. The van der Waals surface area contributed by atoms with E-state index in [-0.39, 0.29) is 18.1 Å². The van der Waals surface area contributed by atoms with Crippen molar-refractivity contribution in [3.63, 3.8) is 0 Å². The molecular weight excluding hydrogens is 226 g/mol. The topological polar surface area (TPSA) is 38.3 Å². The fourth-order valence-corrected chi connectivity index (χ4v) is 2.37. The van der Waals surface area contributed by atoms with Crippen LogP contribution in [0.2, 0.25) is 0 Å². The summed E-state index contributed by atoms with van der Waals surface area (Å²) in [5.74, 6) is 1.72. The molecule has 0 aliphatic heterocycles. The van der Waals surface area contributed by atoms with Gasteiger partial charge >= 0.3 is 0 Å². The minimum atomic E-state index is -0.239. The van der Waals surface area contributed by atoms with Gasteiger partial charge in [-0.1, -0.05) is 32.6 Å². The van der Waals surface area contributed by atoms with Crippen molar-refractivity contribution in [3.05, 3.63) is 0 Å². The Bertz CT molecular complexity index is 250. The molecule has 0 bridgehead atoms. The van der Waals surface area contributed by atoms with Crippen molar-refractivity contribution in [2.75, 3.05) is 13.2 Å². The molecule has 18 heavy (non-hydrogen) atoms. The van der Waals surface area contributed by atoms with Crippen molar-refractivity contribution in [1.82, 2.24) is 5.32 Å². The Balaban J connectivity index is 2.05. The van der Waals surface area contributed by atoms with Crippen molar-refractivity contribution in [2.45, 2.75) is 65.4 Å². The molecule has 0 radical (unpaired) electrons. The van der Waals surface area contributed by atoms with Gasteiger partial charge < -0.3 is 10.1 Å². The Morgan fingerprint density at radius 3 is 2.39 bits per heavy atom. The highest BCUT2D eigenvalue weighted by molar-refractivity contribution is 5.77. The summed E-state index contributed by atoms with van der Waals surface area (Å²) in [6.45, 7) is 9.19. The number of hydrogen-bond acceptors (Lipinski definition) is 2. The normalized spacial score (nSPS) is 24.9. The van der Waals surface area contributed by atoms with E-state index in [0.717, 1.165) is 24.8 Å².